The first-order chi connectivity index (χ1) is 9.07. The van der Waals surface area contributed by atoms with Gasteiger partial charge in [0.1, 0.15) is 5.82 Å². The third kappa shape index (κ3) is 3.28. The molecule has 1 aromatic rings. The van der Waals surface area contributed by atoms with Crippen molar-refractivity contribution in [3.05, 3.63) is 34.6 Å². The van der Waals surface area contributed by atoms with Gasteiger partial charge in [-0.1, -0.05) is 23.7 Å². The molecule has 0 aliphatic carbocycles. The minimum atomic E-state index is -0.316. The van der Waals surface area contributed by atoms with Gasteiger partial charge < -0.3 is 10.1 Å². The Morgan fingerprint density at radius 3 is 2.89 bits per heavy atom. The predicted molar refractivity (Wildman–Crippen MR) is 76.2 cm³/mol. The Hall–Kier alpha value is -0.640. The molecule has 1 aromatic carbocycles. The van der Waals surface area contributed by atoms with Crippen LogP contribution < -0.4 is 5.32 Å². The van der Waals surface area contributed by atoms with E-state index in [-0.39, 0.29) is 22.5 Å². The third-order valence-corrected chi connectivity index (χ3v) is 4.33. The van der Waals surface area contributed by atoms with Crippen LogP contribution in [0.1, 0.15) is 31.7 Å². The van der Waals surface area contributed by atoms with Crippen LogP contribution in [0.5, 0.6) is 0 Å². The Morgan fingerprint density at radius 2 is 2.26 bits per heavy atom. The highest BCUT2D eigenvalue weighted by molar-refractivity contribution is 6.30. The highest BCUT2D eigenvalue weighted by atomic mass is 35.5. The number of halogens is 2. The van der Waals surface area contributed by atoms with Crippen molar-refractivity contribution in [1.29, 1.82) is 0 Å². The van der Waals surface area contributed by atoms with Crippen molar-refractivity contribution in [2.45, 2.75) is 44.2 Å². The van der Waals surface area contributed by atoms with Crippen LogP contribution in [0.25, 0.3) is 0 Å². The van der Waals surface area contributed by atoms with E-state index in [0.29, 0.717) is 12.0 Å². The molecular formula is C15H21ClFNO. The number of hydrogen-bond acceptors (Lipinski definition) is 2. The largest absolute Gasteiger partial charge is 0.374 e. The van der Waals surface area contributed by atoms with Gasteiger partial charge in [0.05, 0.1) is 10.6 Å². The molecule has 1 saturated heterocycles. The second kappa shape index (κ2) is 6.21. The Kier molecular flexibility index (Phi) is 4.82. The zero-order valence-corrected chi connectivity index (χ0v) is 12.3. The quantitative estimate of drug-likeness (QED) is 0.913. The van der Waals surface area contributed by atoms with Crippen LogP contribution in [0.4, 0.5) is 4.39 Å². The second-order valence-corrected chi connectivity index (χ2v) is 5.78. The number of benzene rings is 1. The fourth-order valence-corrected chi connectivity index (χ4v) is 2.97. The van der Waals surface area contributed by atoms with Crippen LogP contribution in [0.3, 0.4) is 0 Å². The Balaban J connectivity index is 2.16. The van der Waals surface area contributed by atoms with E-state index in [1.165, 1.54) is 0 Å². The molecule has 2 nitrogen and oxygen atoms in total. The van der Waals surface area contributed by atoms with Gasteiger partial charge >= 0.3 is 0 Å². The van der Waals surface area contributed by atoms with E-state index < -0.39 is 0 Å². The molecule has 1 fully saturated rings. The normalized spacial score (nSPS) is 25.3. The summed E-state index contributed by atoms with van der Waals surface area (Å²) >= 11 is 5.83. The number of nitrogens with one attached hydrogen (secondary N) is 1. The van der Waals surface area contributed by atoms with E-state index >= 15 is 0 Å². The van der Waals surface area contributed by atoms with E-state index in [0.717, 1.165) is 25.9 Å². The number of ether oxygens (including phenoxy) is 1. The predicted octanol–water partition coefficient (Wildman–Crippen LogP) is 3.57. The molecule has 1 aliphatic rings. The van der Waals surface area contributed by atoms with Gasteiger partial charge in [-0.15, -0.1) is 0 Å². The van der Waals surface area contributed by atoms with Gasteiger partial charge in [0.25, 0.3) is 0 Å². The van der Waals surface area contributed by atoms with E-state index in [1.54, 1.807) is 18.2 Å². The van der Waals surface area contributed by atoms with Crippen LogP contribution in [-0.4, -0.2) is 25.3 Å². The summed E-state index contributed by atoms with van der Waals surface area (Å²) in [6.45, 7) is 2.89. The molecule has 1 aliphatic heterocycles. The molecule has 2 rings (SSSR count). The highest BCUT2D eigenvalue weighted by Crippen LogP contribution is 2.30. The molecule has 0 saturated carbocycles. The average molecular weight is 286 g/mol. The molecule has 0 aromatic heterocycles. The van der Waals surface area contributed by atoms with Crippen molar-refractivity contribution in [2.75, 3.05) is 13.7 Å². The van der Waals surface area contributed by atoms with E-state index in [9.17, 15) is 4.39 Å². The number of hydrogen-bond donors (Lipinski definition) is 1. The van der Waals surface area contributed by atoms with Crippen LogP contribution in [0.15, 0.2) is 18.2 Å². The molecule has 0 spiro atoms. The summed E-state index contributed by atoms with van der Waals surface area (Å²) in [5.41, 5.74) is 0.407. The summed E-state index contributed by atoms with van der Waals surface area (Å²) in [5.74, 6) is -0.316. The highest BCUT2D eigenvalue weighted by Gasteiger charge is 2.36. The minimum absolute atomic E-state index is 0.0840. The fourth-order valence-electron chi connectivity index (χ4n) is 2.78. The van der Waals surface area contributed by atoms with Gasteiger partial charge in [0.15, 0.2) is 0 Å². The first-order valence-corrected chi connectivity index (χ1v) is 7.19. The molecule has 4 heteroatoms. The van der Waals surface area contributed by atoms with Crippen molar-refractivity contribution in [3.8, 4) is 0 Å². The van der Waals surface area contributed by atoms with Gasteiger partial charge in [-0.2, -0.15) is 0 Å². The standard InChI is InChI=1S/C15H21ClFNO/c1-15(8-3-4-9-19-15)13(18-2)10-11-6-5-7-12(16)14(11)17/h5-7,13,18H,3-4,8-10H2,1-2H3. The summed E-state index contributed by atoms with van der Waals surface area (Å²) in [6.07, 6.45) is 3.85. The van der Waals surface area contributed by atoms with Gasteiger partial charge in [-0.3, -0.25) is 0 Å². The maximum atomic E-state index is 14.0. The van der Waals surface area contributed by atoms with Gasteiger partial charge in [-0.25, -0.2) is 4.39 Å². The van der Waals surface area contributed by atoms with Gasteiger partial charge in [0, 0.05) is 12.6 Å². The first-order valence-electron chi connectivity index (χ1n) is 6.81. The number of rotatable bonds is 4. The zero-order valence-electron chi connectivity index (χ0n) is 11.5. The monoisotopic (exact) mass is 285 g/mol. The van der Waals surface area contributed by atoms with Crippen LogP contribution >= 0.6 is 11.6 Å². The van der Waals surface area contributed by atoms with Gasteiger partial charge in [0.2, 0.25) is 0 Å². The molecule has 19 heavy (non-hydrogen) atoms. The summed E-state index contributed by atoms with van der Waals surface area (Å²) in [5, 5.41) is 3.46. The maximum absolute atomic E-state index is 14.0. The van der Waals surface area contributed by atoms with E-state index in [4.69, 9.17) is 16.3 Å². The lowest BCUT2D eigenvalue weighted by Gasteiger charge is -2.40. The minimum Gasteiger partial charge on any atom is -0.374 e. The lowest BCUT2D eigenvalue weighted by Crippen LogP contribution is -2.52. The summed E-state index contributed by atoms with van der Waals surface area (Å²) in [7, 11) is 1.90. The first kappa shape index (κ1) is 14.8. The van der Waals surface area contributed by atoms with Crippen molar-refractivity contribution >= 4 is 11.6 Å². The number of likely N-dealkylation sites (N-methyl/N-ethyl adjacent to an activating group) is 1. The molecule has 0 amide bonds. The zero-order chi connectivity index (χ0) is 13.9. The fraction of sp³-hybridized carbons (Fsp3) is 0.600. The molecule has 0 bridgehead atoms. The second-order valence-electron chi connectivity index (χ2n) is 5.38. The van der Waals surface area contributed by atoms with E-state index in [1.807, 2.05) is 7.05 Å². The van der Waals surface area contributed by atoms with Gasteiger partial charge in [-0.05, 0) is 51.3 Å². The van der Waals surface area contributed by atoms with Crippen LogP contribution in [-0.2, 0) is 11.2 Å². The molecule has 2 unspecified atom stereocenters. The molecular weight excluding hydrogens is 265 g/mol. The molecule has 2 atom stereocenters. The topological polar surface area (TPSA) is 21.3 Å². The van der Waals surface area contributed by atoms with Crippen molar-refractivity contribution in [1.82, 2.24) is 5.32 Å². The van der Waals surface area contributed by atoms with Crippen LogP contribution in [0, 0.1) is 5.82 Å². The molecule has 1 N–H and O–H groups in total. The Bertz CT molecular complexity index is 432. The molecule has 0 radical (unpaired) electrons. The van der Waals surface area contributed by atoms with Crippen molar-refractivity contribution in [3.63, 3.8) is 0 Å². The Morgan fingerprint density at radius 1 is 1.47 bits per heavy atom. The van der Waals surface area contributed by atoms with Crippen LogP contribution in [0.2, 0.25) is 5.02 Å². The Labute approximate surface area is 119 Å². The summed E-state index contributed by atoms with van der Waals surface area (Å²) in [4.78, 5) is 0. The molecule has 1 heterocycles. The van der Waals surface area contributed by atoms with E-state index in [2.05, 4.69) is 12.2 Å². The summed E-state index contributed by atoms with van der Waals surface area (Å²) in [6, 6.07) is 5.24. The third-order valence-electron chi connectivity index (χ3n) is 4.04. The average Bonchev–Trinajstić information content (AvgIpc) is 2.41. The lowest BCUT2D eigenvalue weighted by molar-refractivity contribution is -0.0871. The van der Waals surface area contributed by atoms with Crippen molar-refractivity contribution in [2.24, 2.45) is 0 Å². The lowest BCUT2D eigenvalue weighted by atomic mass is 9.84. The van der Waals surface area contributed by atoms with Crippen molar-refractivity contribution < 1.29 is 9.13 Å². The molecule has 106 valence electrons. The smallest absolute Gasteiger partial charge is 0.145 e. The summed E-state index contributed by atoms with van der Waals surface area (Å²) < 4.78 is 19.9. The maximum Gasteiger partial charge on any atom is 0.145 e. The SMILES string of the molecule is CNC(Cc1cccc(Cl)c1F)C1(C)CCCCO1.